The predicted octanol–water partition coefficient (Wildman–Crippen LogP) is 2.01. The van der Waals surface area contributed by atoms with Crippen LogP contribution in [0.25, 0.3) is 0 Å². The number of alkyl carbamates (subject to hydrolysis) is 1. The molecular weight excluding hydrogens is 246 g/mol. The van der Waals surface area contributed by atoms with Gasteiger partial charge in [0.2, 0.25) is 0 Å². The smallest absolute Gasteiger partial charge is 0.408 e. The summed E-state index contributed by atoms with van der Waals surface area (Å²) in [6.07, 6.45) is -1.35. The Kier molecular flexibility index (Phi) is 3.66. The zero-order valence-corrected chi connectivity index (χ0v) is 11.3. The van der Waals surface area contributed by atoms with E-state index in [9.17, 15) is 9.90 Å². The van der Waals surface area contributed by atoms with Crippen molar-refractivity contribution in [2.45, 2.75) is 38.5 Å². The summed E-state index contributed by atoms with van der Waals surface area (Å²) in [5.41, 5.74) is 0.109. The van der Waals surface area contributed by atoms with Crippen molar-refractivity contribution in [1.82, 2.24) is 5.32 Å². The lowest BCUT2D eigenvalue weighted by Crippen LogP contribution is -2.47. The van der Waals surface area contributed by atoms with Crippen molar-refractivity contribution in [2.75, 3.05) is 6.61 Å². The molecule has 1 aromatic carbocycles. The molecule has 0 fully saturated rings. The van der Waals surface area contributed by atoms with E-state index in [1.165, 1.54) is 0 Å². The first-order valence-corrected chi connectivity index (χ1v) is 6.26. The van der Waals surface area contributed by atoms with Gasteiger partial charge < -0.3 is 19.9 Å². The molecule has 2 rings (SSSR count). The average Bonchev–Trinajstić information content (AvgIpc) is 2.31. The van der Waals surface area contributed by atoms with Gasteiger partial charge in [-0.2, -0.15) is 0 Å². The molecule has 5 nitrogen and oxygen atoms in total. The predicted molar refractivity (Wildman–Crippen MR) is 70.1 cm³/mol. The Balaban J connectivity index is 2.02. The quantitative estimate of drug-likeness (QED) is 0.815. The molecule has 1 aliphatic heterocycles. The van der Waals surface area contributed by atoms with Gasteiger partial charge >= 0.3 is 6.09 Å². The third-order valence-corrected chi connectivity index (χ3v) is 2.74. The average molecular weight is 265 g/mol. The van der Waals surface area contributed by atoms with Crippen molar-refractivity contribution >= 4 is 6.09 Å². The number of benzene rings is 1. The van der Waals surface area contributed by atoms with Crippen LogP contribution in [0.4, 0.5) is 4.79 Å². The lowest BCUT2D eigenvalue weighted by molar-refractivity contribution is 0.0310. The van der Waals surface area contributed by atoms with E-state index in [0.29, 0.717) is 11.3 Å². The standard InChI is InChI=1S/C14H19NO4/c1-14(2,3)19-13(17)15-10-8-18-11-7-5-4-6-9(11)12(10)16/h4-7,10,12,16H,8H2,1-3H3,(H,15,17). The number of ether oxygens (including phenoxy) is 2. The molecule has 1 amide bonds. The second-order valence-corrected chi connectivity index (χ2v) is 5.55. The molecule has 5 heteroatoms. The van der Waals surface area contributed by atoms with Gasteiger partial charge in [0.15, 0.2) is 0 Å². The number of amides is 1. The largest absolute Gasteiger partial charge is 0.491 e. The number of aliphatic hydroxyl groups is 1. The summed E-state index contributed by atoms with van der Waals surface area (Å²) >= 11 is 0. The highest BCUT2D eigenvalue weighted by Crippen LogP contribution is 2.31. The van der Waals surface area contributed by atoms with Crippen molar-refractivity contribution < 1.29 is 19.4 Å². The van der Waals surface area contributed by atoms with E-state index in [1.807, 2.05) is 12.1 Å². The van der Waals surface area contributed by atoms with Crippen molar-refractivity contribution in [3.8, 4) is 5.75 Å². The number of para-hydroxylation sites is 1. The molecule has 2 unspecified atom stereocenters. The lowest BCUT2D eigenvalue weighted by Gasteiger charge is -2.31. The van der Waals surface area contributed by atoms with Gasteiger partial charge in [0, 0.05) is 5.56 Å². The van der Waals surface area contributed by atoms with E-state index in [2.05, 4.69) is 5.32 Å². The van der Waals surface area contributed by atoms with Crippen LogP contribution in [-0.4, -0.2) is 29.4 Å². The summed E-state index contributed by atoms with van der Waals surface area (Å²) in [5, 5.41) is 12.8. The fourth-order valence-electron chi connectivity index (χ4n) is 1.92. The topological polar surface area (TPSA) is 67.8 Å². The number of hydrogen-bond acceptors (Lipinski definition) is 4. The Morgan fingerprint density at radius 1 is 1.42 bits per heavy atom. The molecule has 0 saturated carbocycles. The van der Waals surface area contributed by atoms with Gasteiger partial charge in [-0.05, 0) is 26.8 Å². The zero-order chi connectivity index (χ0) is 14.0. The van der Waals surface area contributed by atoms with Crippen LogP contribution in [0.1, 0.15) is 32.4 Å². The minimum absolute atomic E-state index is 0.220. The molecule has 0 bridgehead atoms. The van der Waals surface area contributed by atoms with E-state index in [1.54, 1.807) is 32.9 Å². The molecule has 19 heavy (non-hydrogen) atoms. The fourth-order valence-corrected chi connectivity index (χ4v) is 1.92. The number of carbonyl (C=O) groups is 1. The van der Waals surface area contributed by atoms with Gasteiger partial charge in [-0.15, -0.1) is 0 Å². The van der Waals surface area contributed by atoms with Crippen LogP contribution in [0.3, 0.4) is 0 Å². The molecule has 1 aromatic rings. The second-order valence-electron chi connectivity index (χ2n) is 5.55. The van der Waals surface area contributed by atoms with Crippen LogP contribution >= 0.6 is 0 Å². The number of rotatable bonds is 1. The highest BCUT2D eigenvalue weighted by Gasteiger charge is 2.31. The van der Waals surface area contributed by atoms with Gasteiger partial charge in [-0.1, -0.05) is 18.2 Å². The van der Waals surface area contributed by atoms with Crippen LogP contribution in [0.15, 0.2) is 24.3 Å². The van der Waals surface area contributed by atoms with Crippen LogP contribution in [-0.2, 0) is 4.74 Å². The first kappa shape index (κ1) is 13.7. The summed E-state index contributed by atoms with van der Waals surface area (Å²) in [6.45, 7) is 5.58. The monoisotopic (exact) mass is 265 g/mol. The van der Waals surface area contributed by atoms with E-state index in [-0.39, 0.29) is 6.61 Å². The number of fused-ring (bicyclic) bond motifs is 1. The Bertz CT molecular complexity index is 467. The molecule has 0 aliphatic carbocycles. The number of aliphatic hydroxyl groups excluding tert-OH is 1. The van der Waals surface area contributed by atoms with Crippen LogP contribution in [0, 0.1) is 0 Å². The van der Waals surface area contributed by atoms with Gasteiger partial charge in [0.05, 0.1) is 6.04 Å². The van der Waals surface area contributed by atoms with Crippen molar-refractivity contribution in [2.24, 2.45) is 0 Å². The second kappa shape index (κ2) is 5.09. The summed E-state index contributed by atoms with van der Waals surface area (Å²) in [7, 11) is 0. The van der Waals surface area contributed by atoms with Crippen molar-refractivity contribution in [1.29, 1.82) is 0 Å². The first-order valence-electron chi connectivity index (χ1n) is 6.26. The molecule has 2 atom stereocenters. The van der Waals surface area contributed by atoms with Crippen LogP contribution in [0.5, 0.6) is 5.75 Å². The third-order valence-electron chi connectivity index (χ3n) is 2.74. The summed E-state index contributed by atoms with van der Waals surface area (Å²) in [6, 6.07) is 6.73. The maximum atomic E-state index is 11.7. The summed E-state index contributed by atoms with van der Waals surface area (Å²) in [4.78, 5) is 11.7. The molecule has 0 spiro atoms. The van der Waals surface area contributed by atoms with Gasteiger partial charge in [-0.25, -0.2) is 4.79 Å². The molecule has 0 saturated heterocycles. The van der Waals surface area contributed by atoms with E-state index in [4.69, 9.17) is 9.47 Å². The maximum absolute atomic E-state index is 11.7. The number of hydrogen-bond donors (Lipinski definition) is 2. The summed E-state index contributed by atoms with van der Waals surface area (Å²) < 4.78 is 10.7. The van der Waals surface area contributed by atoms with E-state index >= 15 is 0 Å². The zero-order valence-electron chi connectivity index (χ0n) is 11.3. The summed E-state index contributed by atoms with van der Waals surface area (Å²) in [5.74, 6) is 0.650. The van der Waals surface area contributed by atoms with Gasteiger partial charge in [0.25, 0.3) is 0 Å². The molecular formula is C14H19NO4. The first-order chi connectivity index (χ1) is 8.87. The van der Waals surface area contributed by atoms with Gasteiger partial charge in [0.1, 0.15) is 24.1 Å². The Morgan fingerprint density at radius 3 is 2.79 bits per heavy atom. The SMILES string of the molecule is CC(C)(C)OC(=O)NC1COc2ccccc2C1O. The highest BCUT2D eigenvalue weighted by atomic mass is 16.6. The molecule has 0 radical (unpaired) electrons. The van der Waals surface area contributed by atoms with E-state index < -0.39 is 23.8 Å². The maximum Gasteiger partial charge on any atom is 0.408 e. The van der Waals surface area contributed by atoms with Gasteiger partial charge in [-0.3, -0.25) is 0 Å². The minimum atomic E-state index is -0.794. The Hall–Kier alpha value is -1.75. The molecule has 2 N–H and O–H groups in total. The normalized spacial score (nSPS) is 22.1. The molecule has 0 aromatic heterocycles. The Morgan fingerprint density at radius 2 is 2.11 bits per heavy atom. The fraction of sp³-hybridized carbons (Fsp3) is 0.500. The third kappa shape index (κ3) is 3.38. The molecule has 1 aliphatic rings. The lowest BCUT2D eigenvalue weighted by atomic mass is 9.99. The van der Waals surface area contributed by atoms with Crippen LogP contribution in [0.2, 0.25) is 0 Å². The number of carbonyl (C=O) groups excluding carboxylic acids is 1. The molecule has 104 valence electrons. The van der Waals surface area contributed by atoms with Crippen molar-refractivity contribution in [3.05, 3.63) is 29.8 Å². The van der Waals surface area contributed by atoms with Crippen molar-refractivity contribution in [3.63, 3.8) is 0 Å². The Labute approximate surface area is 112 Å². The van der Waals surface area contributed by atoms with E-state index in [0.717, 1.165) is 0 Å². The molecule has 1 heterocycles. The van der Waals surface area contributed by atoms with Crippen LogP contribution < -0.4 is 10.1 Å². The highest BCUT2D eigenvalue weighted by molar-refractivity contribution is 5.68. The minimum Gasteiger partial charge on any atom is -0.491 e. The number of nitrogens with one attached hydrogen (secondary N) is 1.